The summed E-state index contributed by atoms with van der Waals surface area (Å²) in [4.78, 5) is 25.8. The average Bonchev–Trinajstić information content (AvgIpc) is 2.43. The maximum absolute atomic E-state index is 11.0. The number of carbonyl (C=O) groups excluding carboxylic acids is 1. The van der Waals surface area contributed by atoms with Crippen LogP contribution >= 0.6 is 11.8 Å². The predicted octanol–water partition coefficient (Wildman–Crippen LogP) is -0.0827. The fraction of sp³-hybridized carbons (Fsp3) is 0.286. The van der Waals surface area contributed by atoms with Gasteiger partial charge in [0.15, 0.2) is 5.16 Å². The molecule has 2 heterocycles. The van der Waals surface area contributed by atoms with Crippen LogP contribution in [0, 0.1) is 0 Å². The number of aromatic nitrogens is 2. The van der Waals surface area contributed by atoms with E-state index in [0.717, 1.165) is 0 Å². The lowest BCUT2D eigenvalue weighted by Crippen LogP contribution is -2.11. The number of nitrogens with zero attached hydrogens (tertiary/aromatic N) is 2. The van der Waals surface area contributed by atoms with Crippen LogP contribution in [-0.4, -0.2) is 21.7 Å². The number of fused-ring (bicyclic) bond motifs is 1. The third-order valence-electron chi connectivity index (χ3n) is 1.74. The van der Waals surface area contributed by atoms with Crippen molar-refractivity contribution in [1.29, 1.82) is 0 Å². The smallest absolute Gasteiger partial charge is 0.275 e. The van der Waals surface area contributed by atoms with Crippen LogP contribution in [0.4, 0.5) is 5.82 Å². The highest BCUT2D eigenvalue weighted by Crippen LogP contribution is 2.19. The van der Waals surface area contributed by atoms with Gasteiger partial charge in [-0.25, -0.2) is 0 Å². The molecule has 1 aromatic heterocycles. The zero-order valence-corrected chi connectivity index (χ0v) is 7.72. The highest BCUT2D eigenvalue weighted by Gasteiger charge is 2.19. The summed E-state index contributed by atoms with van der Waals surface area (Å²) in [5.41, 5.74) is -0.321. The van der Waals surface area contributed by atoms with Gasteiger partial charge in [0.1, 0.15) is 12.4 Å². The number of amides is 1. The van der Waals surface area contributed by atoms with Gasteiger partial charge < -0.3 is 5.32 Å². The molecule has 13 heavy (non-hydrogen) atoms. The Morgan fingerprint density at radius 1 is 1.62 bits per heavy atom. The summed E-state index contributed by atoms with van der Waals surface area (Å²) in [5.74, 6) is 0.428. The molecule has 0 bridgehead atoms. The van der Waals surface area contributed by atoms with Crippen molar-refractivity contribution < 1.29 is 4.79 Å². The molecule has 0 aliphatic carbocycles. The first kappa shape index (κ1) is 8.31. The Kier molecular flexibility index (Phi) is 1.84. The Morgan fingerprint density at radius 3 is 3.08 bits per heavy atom. The summed E-state index contributed by atoms with van der Waals surface area (Å²) in [6.07, 6.45) is 1.82. The number of hydrogen-bond acceptors (Lipinski definition) is 4. The molecule has 0 atom stereocenters. The minimum atomic E-state index is -0.321. The number of hydrogen-bond donors (Lipinski definition) is 1. The molecule has 68 valence electrons. The SMILES string of the molecule is CSc1nc(=O)cc2n1CC(=O)N2. The fourth-order valence-corrected chi connectivity index (χ4v) is 1.79. The monoisotopic (exact) mass is 197 g/mol. The van der Waals surface area contributed by atoms with Crippen molar-refractivity contribution in [2.75, 3.05) is 11.6 Å². The number of rotatable bonds is 1. The molecule has 1 amide bonds. The van der Waals surface area contributed by atoms with Crippen LogP contribution in [0.3, 0.4) is 0 Å². The third-order valence-corrected chi connectivity index (χ3v) is 2.42. The van der Waals surface area contributed by atoms with Gasteiger partial charge in [-0.05, 0) is 6.26 Å². The second kappa shape index (κ2) is 2.88. The van der Waals surface area contributed by atoms with Crippen LogP contribution in [0.15, 0.2) is 16.0 Å². The normalized spacial score (nSPS) is 14.1. The first-order valence-electron chi connectivity index (χ1n) is 3.66. The van der Waals surface area contributed by atoms with Crippen molar-refractivity contribution in [2.45, 2.75) is 11.7 Å². The minimum absolute atomic E-state index is 0.109. The van der Waals surface area contributed by atoms with Crippen LogP contribution in [-0.2, 0) is 11.3 Å². The van der Waals surface area contributed by atoms with Gasteiger partial charge in [-0.15, -0.1) is 0 Å². The second-order valence-electron chi connectivity index (χ2n) is 2.60. The molecule has 0 fully saturated rings. The van der Waals surface area contributed by atoms with Gasteiger partial charge in [0.05, 0.1) is 0 Å². The predicted molar refractivity (Wildman–Crippen MR) is 48.9 cm³/mol. The van der Waals surface area contributed by atoms with E-state index in [1.54, 1.807) is 4.57 Å². The molecule has 0 saturated heterocycles. The van der Waals surface area contributed by atoms with Crippen LogP contribution in [0.2, 0.25) is 0 Å². The van der Waals surface area contributed by atoms with E-state index in [1.807, 2.05) is 6.26 Å². The number of carbonyl (C=O) groups is 1. The molecule has 0 aromatic carbocycles. The standard InChI is InChI=1S/C7H7N3O2S/c1-13-7-9-5(11)2-4-8-6(12)3-10(4)7/h2H,3H2,1H3,(H,8,12). The van der Waals surface area contributed by atoms with Crippen molar-refractivity contribution in [3.63, 3.8) is 0 Å². The molecule has 0 spiro atoms. The Bertz CT molecular complexity index is 426. The summed E-state index contributed by atoms with van der Waals surface area (Å²) < 4.78 is 1.69. The average molecular weight is 197 g/mol. The highest BCUT2D eigenvalue weighted by molar-refractivity contribution is 7.98. The van der Waals surface area contributed by atoms with E-state index in [9.17, 15) is 9.59 Å². The number of thioether (sulfide) groups is 1. The summed E-state index contributed by atoms with van der Waals surface area (Å²) in [5, 5.41) is 3.15. The molecular formula is C7H7N3O2S. The minimum Gasteiger partial charge on any atom is -0.310 e. The van der Waals surface area contributed by atoms with Crippen LogP contribution < -0.4 is 10.9 Å². The van der Waals surface area contributed by atoms with E-state index in [0.29, 0.717) is 11.0 Å². The molecule has 2 rings (SSSR count). The van der Waals surface area contributed by atoms with Crippen molar-refractivity contribution in [3.05, 3.63) is 16.4 Å². The van der Waals surface area contributed by atoms with E-state index in [4.69, 9.17) is 0 Å². The first-order valence-corrected chi connectivity index (χ1v) is 4.89. The van der Waals surface area contributed by atoms with E-state index >= 15 is 0 Å². The van der Waals surface area contributed by atoms with E-state index in [-0.39, 0.29) is 18.0 Å². The Hall–Kier alpha value is -1.30. The maximum atomic E-state index is 11.0. The number of anilines is 1. The maximum Gasteiger partial charge on any atom is 0.275 e. The van der Waals surface area contributed by atoms with Gasteiger partial charge in [-0.1, -0.05) is 11.8 Å². The Morgan fingerprint density at radius 2 is 2.38 bits per heavy atom. The van der Waals surface area contributed by atoms with Gasteiger partial charge in [-0.2, -0.15) is 4.98 Å². The molecule has 6 heteroatoms. The molecule has 1 N–H and O–H groups in total. The van der Waals surface area contributed by atoms with E-state index < -0.39 is 0 Å². The largest absolute Gasteiger partial charge is 0.310 e. The lowest BCUT2D eigenvalue weighted by Gasteiger charge is -2.04. The van der Waals surface area contributed by atoms with Gasteiger partial charge in [0.2, 0.25) is 5.91 Å². The molecule has 1 aliphatic rings. The van der Waals surface area contributed by atoms with Gasteiger partial charge in [-0.3, -0.25) is 14.2 Å². The lowest BCUT2D eigenvalue weighted by molar-refractivity contribution is -0.115. The highest BCUT2D eigenvalue weighted by atomic mass is 32.2. The Balaban J connectivity index is 2.62. The number of nitrogens with one attached hydrogen (secondary N) is 1. The van der Waals surface area contributed by atoms with Crippen LogP contribution in [0.5, 0.6) is 0 Å². The van der Waals surface area contributed by atoms with Crippen molar-refractivity contribution in [3.8, 4) is 0 Å². The zero-order chi connectivity index (χ0) is 9.42. The van der Waals surface area contributed by atoms with Gasteiger partial charge >= 0.3 is 0 Å². The summed E-state index contributed by atoms with van der Waals surface area (Å²) in [6.45, 7) is 0.249. The van der Waals surface area contributed by atoms with Crippen molar-refractivity contribution in [1.82, 2.24) is 9.55 Å². The molecular weight excluding hydrogens is 190 g/mol. The van der Waals surface area contributed by atoms with Gasteiger partial charge in [0.25, 0.3) is 5.56 Å². The third kappa shape index (κ3) is 1.33. The topological polar surface area (TPSA) is 64.0 Å². The summed E-state index contributed by atoms with van der Waals surface area (Å²) in [7, 11) is 0. The summed E-state index contributed by atoms with van der Waals surface area (Å²) in [6, 6.07) is 1.32. The van der Waals surface area contributed by atoms with E-state index in [1.165, 1.54) is 17.8 Å². The second-order valence-corrected chi connectivity index (χ2v) is 3.37. The van der Waals surface area contributed by atoms with Gasteiger partial charge in [0, 0.05) is 6.07 Å². The Labute approximate surface area is 78.2 Å². The van der Waals surface area contributed by atoms with Crippen molar-refractivity contribution in [2.24, 2.45) is 0 Å². The molecule has 1 aromatic rings. The molecule has 0 radical (unpaired) electrons. The molecule has 0 saturated carbocycles. The molecule has 1 aliphatic heterocycles. The first-order chi connectivity index (χ1) is 6.20. The zero-order valence-electron chi connectivity index (χ0n) is 6.90. The summed E-state index contributed by atoms with van der Waals surface area (Å²) >= 11 is 1.35. The quantitative estimate of drug-likeness (QED) is 0.505. The van der Waals surface area contributed by atoms with E-state index in [2.05, 4.69) is 10.3 Å². The van der Waals surface area contributed by atoms with Crippen LogP contribution in [0.25, 0.3) is 0 Å². The molecule has 5 nitrogen and oxygen atoms in total. The van der Waals surface area contributed by atoms with Crippen LogP contribution in [0.1, 0.15) is 0 Å². The fourth-order valence-electron chi connectivity index (χ4n) is 1.22. The molecule has 0 unspecified atom stereocenters. The van der Waals surface area contributed by atoms with Crippen molar-refractivity contribution >= 4 is 23.5 Å². The lowest BCUT2D eigenvalue weighted by atomic mass is 10.6.